The van der Waals surface area contributed by atoms with Crippen LogP contribution in [0.25, 0.3) is 0 Å². The number of ether oxygens (including phenoxy) is 1. The normalized spacial score (nSPS) is 24.3. The predicted molar refractivity (Wildman–Crippen MR) is 55.0 cm³/mol. The molecule has 0 spiro atoms. The average Bonchev–Trinajstić information content (AvgIpc) is 2.56. The summed E-state index contributed by atoms with van der Waals surface area (Å²) in [5, 5.41) is 3.69. The van der Waals surface area contributed by atoms with Crippen molar-refractivity contribution in [2.45, 2.75) is 38.3 Å². The lowest BCUT2D eigenvalue weighted by molar-refractivity contribution is -0.123. The second-order valence-corrected chi connectivity index (χ2v) is 4.11. The van der Waals surface area contributed by atoms with E-state index in [-0.39, 0.29) is 18.1 Å². The minimum Gasteiger partial charge on any atom is -0.378 e. The molecule has 1 heterocycles. The summed E-state index contributed by atoms with van der Waals surface area (Å²) in [7, 11) is 0. The smallest absolute Gasteiger partial charge is 0.222 e. The Morgan fingerprint density at radius 2 is 2.54 bits per heavy atom. The van der Waals surface area contributed by atoms with Crippen molar-refractivity contribution in [3.8, 4) is 0 Å². The first-order valence-corrected chi connectivity index (χ1v) is 5.81. The van der Waals surface area contributed by atoms with Gasteiger partial charge in [-0.05, 0) is 19.8 Å². The number of nitrogens with one attached hydrogen (secondary N) is 1. The molecule has 2 unspecified atom stereocenters. The van der Waals surface area contributed by atoms with Crippen molar-refractivity contribution in [1.29, 1.82) is 0 Å². The summed E-state index contributed by atoms with van der Waals surface area (Å²) in [4.78, 5) is 11.4. The molecule has 1 rings (SSSR count). The van der Waals surface area contributed by atoms with Crippen molar-refractivity contribution in [1.82, 2.24) is 5.32 Å². The van der Waals surface area contributed by atoms with Crippen LogP contribution in [0.5, 0.6) is 0 Å². The molecular weight excluding hydrogens is 234 g/mol. The third-order valence-corrected chi connectivity index (χ3v) is 3.05. The molecule has 0 radical (unpaired) electrons. The Morgan fingerprint density at radius 3 is 3.08 bits per heavy atom. The highest BCUT2D eigenvalue weighted by atomic mass is 79.9. The highest BCUT2D eigenvalue weighted by Gasteiger charge is 2.19. The molecule has 4 heteroatoms. The zero-order valence-corrected chi connectivity index (χ0v) is 9.47. The fraction of sp³-hybridized carbons (Fsp3) is 0.889. The summed E-state index contributed by atoms with van der Waals surface area (Å²) in [5.41, 5.74) is 0. The van der Waals surface area contributed by atoms with Crippen LogP contribution >= 0.6 is 15.9 Å². The standard InChI is InChI=1S/C9H16BrNO2/c1-7(6-10)11-9(12)5-8-3-2-4-13-8/h7-8H,2-6H2,1H3,(H,11,12). The van der Waals surface area contributed by atoms with Gasteiger partial charge in [-0.3, -0.25) is 4.79 Å². The van der Waals surface area contributed by atoms with Crippen LogP contribution in [-0.2, 0) is 9.53 Å². The largest absolute Gasteiger partial charge is 0.378 e. The van der Waals surface area contributed by atoms with Crippen LogP contribution in [0, 0.1) is 0 Å². The topological polar surface area (TPSA) is 38.3 Å². The Morgan fingerprint density at radius 1 is 1.77 bits per heavy atom. The average molecular weight is 250 g/mol. The maximum atomic E-state index is 11.4. The summed E-state index contributed by atoms with van der Waals surface area (Å²) in [6.07, 6.45) is 2.78. The van der Waals surface area contributed by atoms with Crippen LogP contribution in [0.4, 0.5) is 0 Å². The number of amides is 1. The monoisotopic (exact) mass is 249 g/mol. The number of halogens is 1. The first-order valence-electron chi connectivity index (χ1n) is 4.69. The van der Waals surface area contributed by atoms with Crippen molar-refractivity contribution in [3.63, 3.8) is 0 Å². The molecule has 0 aromatic rings. The lowest BCUT2D eigenvalue weighted by Crippen LogP contribution is -2.35. The molecule has 2 atom stereocenters. The highest BCUT2D eigenvalue weighted by Crippen LogP contribution is 2.14. The summed E-state index contributed by atoms with van der Waals surface area (Å²) in [6.45, 7) is 2.79. The van der Waals surface area contributed by atoms with Gasteiger partial charge in [0.25, 0.3) is 0 Å². The molecule has 76 valence electrons. The van der Waals surface area contributed by atoms with Crippen LogP contribution in [0.2, 0.25) is 0 Å². The summed E-state index contributed by atoms with van der Waals surface area (Å²) < 4.78 is 5.37. The van der Waals surface area contributed by atoms with Gasteiger partial charge in [-0.15, -0.1) is 0 Å². The first-order chi connectivity index (χ1) is 6.22. The van der Waals surface area contributed by atoms with Crippen molar-refractivity contribution in [2.75, 3.05) is 11.9 Å². The Hall–Kier alpha value is -0.0900. The molecule has 1 N–H and O–H groups in total. The molecule has 13 heavy (non-hydrogen) atoms. The first kappa shape index (κ1) is 11.0. The van der Waals surface area contributed by atoms with Gasteiger partial charge < -0.3 is 10.1 Å². The minimum absolute atomic E-state index is 0.0962. The fourth-order valence-corrected chi connectivity index (χ4v) is 1.55. The van der Waals surface area contributed by atoms with Gasteiger partial charge in [0.1, 0.15) is 0 Å². The van der Waals surface area contributed by atoms with Gasteiger partial charge in [-0.1, -0.05) is 15.9 Å². The lowest BCUT2D eigenvalue weighted by atomic mass is 10.2. The summed E-state index contributed by atoms with van der Waals surface area (Å²) in [5.74, 6) is 0.0962. The Balaban J connectivity index is 2.16. The van der Waals surface area contributed by atoms with E-state index in [1.165, 1.54) is 0 Å². The van der Waals surface area contributed by atoms with Gasteiger partial charge >= 0.3 is 0 Å². The van der Waals surface area contributed by atoms with Crippen LogP contribution in [0.1, 0.15) is 26.2 Å². The minimum atomic E-state index is 0.0962. The number of hydrogen-bond donors (Lipinski definition) is 1. The Kier molecular flexibility index (Phi) is 4.73. The van der Waals surface area contributed by atoms with Gasteiger partial charge in [0.15, 0.2) is 0 Å². The van der Waals surface area contributed by atoms with E-state index in [1.54, 1.807) is 0 Å². The van der Waals surface area contributed by atoms with E-state index >= 15 is 0 Å². The van der Waals surface area contributed by atoms with Crippen LogP contribution in [0.3, 0.4) is 0 Å². The maximum Gasteiger partial charge on any atom is 0.222 e. The lowest BCUT2D eigenvalue weighted by Gasteiger charge is -2.13. The number of carbonyl (C=O) groups is 1. The molecule has 0 aromatic carbocycles. The van der Waals surface area contributed by atoms with E-state index in [0.717, 1.165) is 24.8 Å². The molecule has 0 aromatic heterocycles. The van der Waals surface area contributed by atoms with Crippen LogP contribution in [0.15, 0.2) is 0 Å². The number of alkyl halides is 1. The van der Waals surface area contributed by atoms with E-state index in [0.29, 0.717) is 6.42 Å². The predicted octanol–water partition coefficient (Wildman–Crippen LogP) is 1.46. The van der Waals surface area contributed by atoms with Gasteiger partial charge in [0.05, 0.1) is 12.5 Å². The third kappa shape index (κ3) is 4.09. The number of rotatable bonds is 4. The molecule has 1 aliphatic rings. The van der Waals surface area contributed by atoms with E-state index in [9.17, 15) is 4.79 Å². The van der Waals surface area contributed by atoms with Gasteiger partial charge in [-0.2, -0.15) is 0 Å². The van der Waals surface area contributed by atoms with E-state index in [4.69, 9.17) is 4.74 Å². The van der Waals surface area contributed by atoms with Crippen LogP contribution in [-0.4, -0.2) is 30.0 Å². The molecule has 1 amide bonds. The number of carbonyl (C=O) groups excluding carboxylic acids is 1. The van der Waals surface area contributed by atoms with E-state index in [1.807, 2.05) is 6.92 Å². The second kappa shape index (κ2) is 5.60. The van der Waals surface area contributed by atoms with Crippen molar-refractivity contribution < 1.29 is 9.53 Å². The fourth-order valence-electron chi connectivity index (χ4n) is 1.38. The molecule has 1 aliphatic heterocycles. The van der Waals surface area contributed by atoms with Gasteiger partial charge in [-0.25, -0.2) is 0 Å². The zero-order valence-electron chi connectivity index (χ0n) is 7.88. The molecule has 3 nitrogen and oxygen atoms in total. The van der Waals surface area contributed by atoms with Gasteiger partial charge in [0.2, 0.25) is 5.91 Å². The zero-order chi connectivity index (χ0) is 9.68. The Bertz CT molecular complexity index is 169. The molecule has 1 saturated heterocycles. The van der Waals surface area contributed by atoms with E-state index < -0.39 is 0 Å². The molecule has 0 saturated carbocycles. The van der Waals surface area contributed by atoms with Gasteiger partial charge in [0, 0.05) is 18.0 Å². The van der Waals surface area contributed by atoms with Crippen molar-refractivity contribution >= 4 is 21.8 Å². The molecule has 0 bridgehead atoms. The number of hydrogen-bond acceptors (Lipinski definition) is 2. The van der Waals surface area contributed by atoms with E-state index in [2.05, 4.69) is 21.2 Å². The van der Waals surface area contributed by atoms with Crippen molar-refractivity contribution in [2.24, 2.45) is 0 Å². The second-order valence-electron chi connectivity index (χ2n) is 3.46. The quantitative estimate of drug-likeness (QED) is 0.767. The summed E-state index contributed by atoms with van der Waals surface area (Å²) in [6, 6.07) is 0.203. The summed E-state index contributed by atoms with van der Waals surface area (Å²) >= 11 is 3.31. The SMILES string of the molecule is CC(CBr)NC(=O)CC1CCCO1. The Labute approximate surface area is 87.3 Å². The molecule has 1 fully saturated rings. The van der Waals surface area contributed by atoms with Crippen LogP contribution < -0.4 is 5.32 Å². The highest BCUT2D eigenvalue weighted by molar-refractivity contribution is 9.09. The maximum absolute atomic E-state index is 11.4. The molecule has 0 aliphatic carbocycles. The third-order valence-electron chi connectivity index (χ3n) is 2.08. The van der Waals surface area contributed by atoms with Crippen molar-refractivity contribution in [3.05, 3.63) is 0 Å². The molecular formula is C9H16BrNO2.